The third-order valence-corrected chi connectivity index (χ3v) is 6.41. The SMILES string of the molecule is C[C@H](Nc1nc(N)ncc1C#C[Si](C)(C)C)c1cc2cccc(Cl)c2c(=O)n1-c1ccccc1. The number of aromatic nitrogens is 3. The number of nitrogens with zero attached hydrogens (tertiary/aromatic N) is 3. The van der Waals surface area contributed by atoms with Crippen molar-refractivity contribution in [1.29, 1.82) is 0 Å². The second-order valence-corrected chi connectivity index (χ2v) is 14.3. The summed E-state index contributed by atoms with van der Waals surface area (Å²) in [5, 5.41) is 5.09. The van der Waals surface area contributed by atoms with E-state index in [1.54, 1.807) is 16.8 Å². The molecule has 4 aromatic rings. The van der Waals surface area contributed by atoms with Crippen LogP contribution < -0.4 is 16.6 Å². The molecule has 0 saturated heterocycles. The first-order valence-corrected chi connectivity index (χ1v) is 14.8. The van der Waals surface area contributed by atoms with Crippen LogP contribution in [-0.2, 0) is 0 Å². The molecule has 0 aliphatic carbocycles. The Kier molecular flexibility index (Phi) is 6.47. The van der Waals surface area contributed by atoms with E-state index in [4.69, 9.17) is 17.3 Å². The first-order valence-electron chi connectivity index (χ1n) is 11.0. The van der Waals surface area contributed by atoms with Gasteiger partial charge in [-0.15, -0.1) is 5.54 Å². The number of para-hydroxylation sites is 1. The van der Waals surface area contributed by atoms with E-state index in [-0.39, 0.29) is 17.5 Å². The fraction of sp³-hybridized carbons (Fsp3) is 0.192. The predicted molar refractivity (Wildman–Crippen MR) is 143 cm³/mol. The molecule has 0 amide bonds. The zero-order valence-electron chi connectivity index (χ0n) is 19.6. The van der Waals surface area contributed by atoms with Crippen LogP contribution in [0.5, 0.6) is 0 Å². The molecule has 2 aromatic carbocycles. The van der Waals surface area contributed by atoms with E-state index in [0.717, 1.165) is 16.8 Å². The molecule has 3 N–H and O–H groups in total. The number of nitrogens with one attached hydrogen (secondary N) is 1. The first-order chi connectivity index (χ1) is 16.1. The number of pyridine rings is 1. The fourth-order valence-corrected chi connectivity index (χ4v) is 4.40. The number of hydrogen-bond donors (Lipinski definition) is 2. The van der Waals surface area contributed by atoms with Crippen molar-refractivity contribution >= 4 is 42.2 Å². The molecular formula is C26H26ClN5OSi. The Hall–Kier alpha value is -3.60. The lowest BCUT2D eigenvalue weighted by atomic mass is 10.1. The van der Waals surface area contributed by atoms with Crippen LogP contribution in [0.25, 0.3) is 16.5 Å². The van der Waals surface area contributed by atoms with E-state index < -0.39 is 8.07 Å². The van der Waals surface area contributed by atoms with Crippen molar-refractivity contribution in [3.63, 3.8) is 0 Å². The molecule has 1 atom stereocenters. The summed E-state index contributed by atoms with van der Waals surface area (Å²) >= 11 is 6.42. The summed E-state index contributed by atoms with van der Waals surface area (Å²) in [6, 6.07) is 16.6. The maximum Gasteiger partial charge on any atom is 0.264 e. The lowest BCUT2D eigenvalue weighted by Crippen LogP contribution is -2.26. The lowest BCUT2D eigenvalue weighted by Gasteiger charge is -2.22. The largest absolute Gasteiger partial charge is 0.368 e. The average Bonchev–Trinajstić information content (AvgIpc) is 2.78. The minimum absolute atomic E-state index is 0.152. The minimum atomic E-state index is -1.61. The fourth-order valence-electron chi connectivity index (χ4n) is 3.63. The van der Waals surface area contributed by atoms with Gasteiger partial charge >= 0.3 is 0 Å². The van der Waals surface area contributed by atoms with E-state index in [0.29, 0.717) is 21.8 Å². The second-order valence-electron chi connectivity index (χ2n) is 9.11. The number of halogens is 1. The number of rotatable bonds is 4. The maximum absolute atomic E-state index is 13.6. The summed E-state index contributed by atoms with van der Waals surface area (Å²) < 4.78 is 1.68. The van der Waals surface area contributed by atoms with Crippen LogP contribution in [0.3, 0.4) is 0 Å². The molecular weight excluding hydrogens is 462 g/mol. The van der Waals surface area contributed by atoms with Gasteiger partial charge in [-0.25, -0.2) is 4.98 Å². The summed E-state index contributed by atoms with van der Waals surface area (Å²) in [5.74, 6) is 3.90. The smallest absolute Gasteiger partial charge is 0.264 e. The van der Waals surface area contributed by atoms with Gasteiger partial charge in [-0.1, -0.05) is 67.5 Å². The van der Waals surface area contributed by atoms with Gasteiger partial charge in [0.25, 0.3) is 5.56 Å². The summed E-state index contributed by atoms with van der Waals surface area (Å²) in [6.45, 7) is 8.49. The van der Waals surface area contributed by atoms with Gasteiger partial charge in [0.1, 0.15) is 13.9 Å². The molecule has 172 valence electrons. The zero-order valence-corrected chi connectivity index (χ0v) is 21.3. The lowest BCUT2D eigenvalue weighted by molar-refractivity contribution is 0.772. The Labute approximate surface area is 204 Å². The van der Waals surface area contributed by atoms with Crippen molar-refractivity contribution in [2.75, 3.05) is 11.1 Å². The number of hydrogen-bond acceptors (Lipinski definition) is 5. The maximum atomic E-state index is 13.6. The number of nitrogens with two attached hydrogens (primary N) is 1. The van der Waals surface area contributed by atoms with Gasteiger partial charge in [-0.2, -0.15) is 4.98 Å². The van der Waals surface area contributed by atoms with Crippen molar-refractivity contribution < 1.29 is 0 Å². The van der Waals surface area contributed by atoms with Gasteiger partial charge in [0.05, 0.1) is 28.2 Å². The van der Waals surface area contributed by atoms with Gasteiger partial charge < -0.3 is 11.1 Å². The zero-order chi connectivity index (χ0) is 24.5. The third-order valence-electron chi connectivity index (χ3n) is 5.22. The summed E-state index contributed by atoms with van der Waals surface area (Å²) in [5.41, 5.74) is 11.2. The number of benzene rings is 2. The Morgan fingerprint density at radius 3 is 2.56 bits per heavy atom. The minimum Gasteiger partial charge on any atom is -0.368 e. The number of anilines is 2. The van der Waals surface area contributed by atoms with Crippen molar-refractivity contribution in [1.82, 2.24) is 14.5 Å². The molecule has 2 aromatic heterocycles. The average molecular weight is 488 g/mol. The Morgan fingerprint density at radius 1 is 1.12 bits per heavy atom. The normalized spacial score (nSPS) is 12.1. The Bertz CT molecular complexity index is 1480. The molecule has 8 heteroatoms. The molecule has 6 nitrogen and oxygen atoms in total. The molecule has 0 unspecified atom stereocenters. The molecule has 0 aliphatic heterocycles. The highest BCUT2D eigenvalue weighted by Crippen LogP contribution is 2.27. The van der Waals surface area contributed by atoms with Gasteiger partial charge in [0.15, 0.2) is 0 Å². The number of fused-ring (bicyclic) bond motifs is 1. The van der Waals surface area contributed by atoms with Gasteiger partial charge in [-0.3, -0.25) is 9.36 Å². The van der Waals surface area contributed by atoms with Gasteiger partial charge in [0, 0.05) is 11.4 Å². The molecule has 34 heavy (non-hydrogen) atoms. The van der Waals surface area contributed by atoms with Crippen LogP contribution in [0.2, 0.25) is 24.7 Å². The summed E-state index contributed by atoms with van der Waals surface area (Å²) in [6.07, 6.45) is 1.63. The molecule has 0 fully saturated rings. The van der Waals surface area contributed by atoms with Gasteiger partial charge in [0.2, 0.25) is 5.95 Å². The van der Waals surface area contributed by atoms with Crippen molar-refractivity contribution in [2.24, 2.45) is 0 Å². The monoisotopic (exact) mass is 487 g/mol. The van der Waals surface area contributed by atoms with Crippen LogP contribution in [0.15, 0.2) is 65.6 Å². The van der Waals surface area contributed by atoms with E-state index in [2.05, 4.69) is 46.4 Å². The standard InChI is InChI=1S/C26H26ClN5OSi/c1-17(30-24-19(13-14-34(2,3)4)16-29-26(28)31-24)22-15-18-9-8-12-21(27)23(18)25(33)32(22)20-10-6-5-7-11-20/h5-12,15-17H,1-4H3,(H3,28,29,30,31)/t17-/m0/s1. The molecule has 4 rings (SSSR count). The van der Waals surface area contributed by atoms with Crippen LogP contribution in [0.1, 0.15) is 24.2 Å². The summed E-state index contributed by atoms with van der Waals surface area (Å²) in [4.78, 5) is 22.2. The quantitative estimate of drug-likeness (QED) is 0.296. The molecule has 0 aliphatic rings. The highest BCUT2D eigenvalue weighted by molar-refractivity contribution is 6.83. The van der Waals surface area contributed by atoms with Gasteiger partial charge in [-0.05, 0) is 36.6 Å². The third kappa shape index (κ3) is 4.98. The Morgan fingerprint density at radius 2 is 1.85 bits per heavy atom. The van der Waals surface area contributed by atoms with E-state index in [9.17, 15) is 4.79 Å². The molecule has 0 spiro atoms. The first kappa shape index (κ1) is 23.6. The highest BCUT2D eigenvalue weighted by Gasteiger charge is 2.19. The molecule has 2 heterocycles. The van der Waals surface area contributed by atoms with E-state index in [1.165, 1.54) is 0 Å². The predicted octanol–water partition coefficient (Wildman–Crippen LogP) is 5.42. The second kappa shape index (κ2) is 9.33. The van der Waals surface area contributed by atoms with Crippen molar-refractivity contribution in [3.8, 4) is 17.2 Å². The summed E-state index contributed by atoms with van der Waals surface area (Å²) in [7, 11) is -1.61. The van der Waals surface area contributed by atoms with Crippen molar-refractivity contribution in [3.05, 3.63) is 87.4 Å². The van der Waals surface area contributed by atoms with Crippen LogP contribution in [0, 0.1) is 11.5 Å². The Balaban J connectivity index is 1.87. The van der Waals surface area contributed by atoms with E-state index >= 15 is 0 Å². The molecule has 0 radical (unpaired) electrons. The topological polar surface area (TPSA) is 85.8 Å². The van der Waals surface area contributed by atoms with Crippen molar-refractivity contribution in [2.45, 2.75) is 32.6 Å². The number of nitrogen functional groups attached to an aromatic ring is 1. The molecule has 0 saturated carbocycles. The molecule has 0 bridgehead atoms. The van der Waals surface area contributed by atoms with Crippen LogP contribution in [0.4, 0.5) is 11.8 Å². The van der Waals surface area contributed by atoms with Crippen LogP contribution >= 0.6 is 11.6 Å². The highest BCUT2D eigenvalue weighted by atomic mass is 35.5. The van der Waals surface area contributed by atoms with Crippen LogP contribution in [-0.4, -0.2) is 22.6 Å². The van der Waals surface area contributed by atoms with E-state index in [1.807, 2.05) is 55.5 Å².